The van der Waals surface area contributed by atoms with Crippen molar-refractivity contribution in [2.75, 3.05) is 26.3 Å². The van der Waals surface area contributed by atoms with Crippen LogP contribution >= 0.6 is 0 Å². The molecule has 134 valence electrons. The van der Waals surface area contributed by atoms with Crippen molar-refractivity contribution in [2.45, 2.75) is 49.7 Å². The number of ether oxygens (including phenoxy) is 2. The third-order valence-electron chi connectivity index (χ3n) is 7.08. The van der Waals surface area contributed by atoms with E-state index in [0.29, 0.717) is 5.92 Å². The van der Waals surface area contributed by atoms with Gasteiger partial charge in [0.1, 0.15) is 0 Å². The van der Waals surface area contributed by atoms with Crippen LogP contribution < -0.4 is 0 Å². The highest BCUT2D eigenvalue weighted by molar-refractivity contribution is 5.39. The lowest BCUT2D eigenvalue weighted by molar-refractivity contribution is -0.200. The number of likely N-dealkylation sites (tertiary alicyclic amines) is 1. The van der Waals surface area contributed by atoms with Gasteiger partial charge in [0.2, 0.25) is 0 Å². The van der Waals surface area contributed by atoms with Gasteiger partial charge in [-0.25, -0.2) is 0 Å². The van der Waals surface area contributed by atoms with Gasteiger partial charge >= 0.3 is 0 Å². The summed E-state index contributed by atoms with van der Waals surface area (Å²) < 4.78 is 12.2. The Morgan fingerprint density at radius 1 is 1.04 bits per heavy atom. The molecule has 0 N–H and O–H groups in total. The van der Waals surface area contributed by atoms with Gasteiger partial charge in [0.05, 0.1) is 13.2 Å². The van der Waals surface area contributed by atoms with Gasteiger partial charge in [0.15, 0.2) is 5.79 Å². The zero-order chi connectivity index (χ0) is 16.9. The van der Waals surface area contributed by atoms with E-state index in [1.165, 1.54) is 37.1 Å². The molecule has 5 rings (SSSR count). The van der Waals surface area contributed by atoms with Crippen molar-refractivity contribution in [1.29, 1.82) is 0 Å². The maximum Gasteiger partial charge on any atom is 0.168 e. The maximum atomic E-state index is 6.08. The second kappa shape index (κ2) is 5.85. The third-order valence-corrected chi connectivity index (χ3v) is 7.08. The Bertz CT molecular complexity index is 647. The number of hydrogen-bond acceptors (Lipinski definition) is 3. The summed E-state index contributed by atoms with van der Waals surface area (Å²) in [6, 6.07) is 11.1. The summed E-state index contributed by atoms with van der Waals surface area (Å²) in [4.78, 5) is 2.61. The second-order valence-corrected chi connectivity index (χ2v) is 8.47. The summed E-state index contributed by atoms with van der Waals surface area (Å²) in [5.74, 6) is 1.14. The molecular weight excluding hydrogens is 310 g/mol. The smallest absolute Gasteiger partial charge is 0.168 e. The van der Waals surface area contributed by atoms with Crippen LogP contribution in [0.1, 0.15) is 44.1 Å². The normalized spacial score (nSPS) is 34.3. The fraction of sp³-hybridized carbons (Fsp3) is 0.636. The Morgan fingerprint density at radius 3 is 2.52 bits per heavy atom. The number of benzene rings is 1. The molecule has 0 bridgehead atoms. The van der Waals surface area contributed by atoms with Gasteiger partial charge in [-0.2, -0.15) is 0 Å². The number of fused-ring (bicyclic) bond motifs is 1. The van der Waals surface area contributed by atoms with Crippen LogP contribution in [-0.2, 0) is 14.9 Å². The Labute approximate surface area is 151 Å². The summed E-state index contributed by atoms with van der Waals surface area (Å²) in [6.07, 6.45) is 7.09. The SMILES string of the molecule is C=C1N(CC2CC2)CCC2CC3(CCC12c1ccccc1)OCCO3. The van der Waals surface area contributed by atoms with Crippen molar-refractivity contribution < 1.29 is 9.47 Å². The van der Waals surface area contributed by atoms with E-state index in [1.807, 2.05) is 0 Å². The van der Waals surface area contributed by atoms with Gasteiger partial charge in [-0.15, -0.1) is 0 Å². The van der Waals surface area contributed by atoms with E-state index in [2.05, 4.69) is 41.8 Å². The van der Waals surface area contributed by atoms with Crippen molar-refractivity contribution in [3.05, 3.63) is 48.2 Å². The first-order valence-electron chi connectivity index (χ1n) is 10.00. The summed E-state index contributed by atoms with van der Waals surface area (Å²) in [5, 5.41) is 0. The quantitative estimate of drug-likeness (QED) is 0.828. The molecule has 2 unspecified atom stereocenters. The van der Waals surface area contributed by atoms with Crippen LogP contribution in [0.4, 0.5) is 0 Å². The lowest BCUT2D eigenvalue weighted by atomic mass is 9.56. The molecule has 4 fully saturated rings. The highest BCUT2D eigenvalue weighted by atomic mass is 16.7. The van der Waals surface area contributed by atoms with Crippen molar-refractivity contribution in [3.8, 4) is 0 Å². The van der Waals surface area contributed by atoms with Crippen LogP contribution in [0.25, 0.3) is 0 Å². The van der Waals surface area contributed by atoms with E-state index >= 15 is 0 Å². The molecule has 0 amide bonds. The van der Waals surface area contributed by atoms with Crippen molar-refractivity contribution in [3.63, 3.8) is 0 Å². The highest BCUT2D eigenvalue weighted by Gasteiger charge is 2.56. The summed E-state index contributed by atoms with van der Waals surface area (Å²) in [5.41, 5.74) is 2.86. The summed E-state index contributed by atoms with van der Waals surface area (Å²) >= 11 is 0. The van der Waals surface area contributed by atoms with E-state index in [0.717, 1.165) is 44.9 Å². The van der Waals surface area contributed by atoms with E-state index in [9.17, 15) is 0 Å². The topological polar surface area (TPSA) is 21.7 Å². The fourth-order valence-electron chi connectivity index (χ4n) is 5.56. The molecule has 0 radical (unpaired) electrons. The first-order chi connectivity index (χ1) is 12.2. The Balaban J connectivity index is 1.51. The molecule has 25 heavy (non-hydrogen) atoms. The minimum Gasteiger partial charge on any atom is -0.374 e. The molecule has 4 aliphatic rings. The van der Waals surface area contributed by atoms with Crippen LogP contribution in [0.5, 0.6) is 0 Å². The molecule has 1 spiro atoms. The zero-order valence-electron chi connectivity index (χ0n) is 15.1. The molecule has 3 heteroatoms. The average molecular weight is 339 g/mol. The number of rotatable bonds is 3. The number of piperidine rings is 1. The van der Waals surface area contributed by atoms with Gasteiger partial charge < -0.3 is 14.4 Å². The number of hydrogen-bond donors (Lipinski definition) is 0. The standard InChI is InChI=1S/C22H29NO2/c1-17-22(19-5-3-2-4-6-19)11-10-21(24-13-14-25-21)15-20(22)9-12-23(17)16-18-7-8-18/h2-6,18,20H,1,7-16H2. The number of allylic oxidation sites excluding steroid dienone is 1. The molecule has 1 aromatic rings. The predicted octanol–water partition coefficient (Wildman–Crippen LogP) is 4.10. The monoisotopic (exact) mass is 339 g/mol. The average Bonchev–Trinajstić information content (AvgIpc) is 3.36. The molecule has 2 aliphatic carbocycles. The van der Waals surface area contributed by atoms with Crippen LogP contribution in [0.15, 0.2) is 42.6 Å². The number of nitrogens with zero attached hydrogens (tertiary/aromatic N) is 1. The maximum absolute atomic E-state index is 6.08. The first kappa shape index (κ1) is 15.9. The molecule has 1 aromatic carbocycles. The zero-order valence-corrected chi connectivity index (χ0v) is 15.1. The van der Waals surface area contributed by atoms with Gasteiger partial charge in [-0.05, 0) is 43.1 Å². The molecule has 2 aliphatic heterocycles. The lowest BCUT2D eigenvalue weighted by Crippen LogP contribution is -2.56. The van der Waals surface area contributed by atoms with E-state index in [-0.39, 0.29) is 11.2 Å². The summed E-state index contributed by atoms with van der Waals surface area (Å²) in [7, 11) is 0. The van der Waals surface area contributed by atoms with Crippen LogP contribution in [0.2, 0.25) is 0 Å². The second-order valence-electron chi connectivity index (χ2n) is 8.47. The molecule has 2 heterocycles. The Kier molecular flexibility index (Phi) is 3.72. The largest absolute Gasteiger partial charge is 0.374 e. The molecule has 3 nitrogen and oxygen atoms in total. The van der Waals surface area contributed by atoms with E-state index in [1.54, 1.807) is 0 Å². The van der Waals surface area contributed by atoms with Crippen molar-refractivity contribution in [1.82, 2.24) is 4.90 Å². The predicted molar refractivity (Wildman–Crippen MR) is 98.2 cm³/mol. The summed E-state index contributed by atoms with van der Waals surface area (Å²) in [6.45, 7) is 8.52. The van der Waals surface area contributed by atoms with Gasteiger partial charge in [0.25, 0.3) is 0 Å². The molecule has 2 atom stereocenters. The van der Waals surface area contributed by atoms with Gasteiger partial charge in [-0.3, -0.25) is 0 Å². The van der Waals surface area contributed by atoms with Gasteiger partial charge in [0, 0.05) is 37.0 Å². The molecule has 0 aromatic heterocycles. The van der Waals surface area contributed by atoms with Crippen molar-refractivity contribution >= 4 is 0 Å². The van der Waals surface area contributed by atoms with Crippen LogP contribution in [0, 0.1) is 11.8 Å². The molecule has 2 saturated heterocycles. The van der Waals surface area contributed by atoms with E-state index in [4.69, 9.17) is 9.47 Å². The minimum absolute atomic E-state index is 0.0644. The van der Waals surface area contributed by atoms with Crippen LogP contribution in [0.3, 0.4) is 0 Å². The molecule has 2 saturated carbocycles. The lowest BCUT2D eigenvalue weighted by Gasteiger charge is -2.56. The third kappa shape index (κ3) is 2.55. The van der Waals surface area contributed by atoms with E-state index < -0.39 is 0 Å². The van der Waals surface area contributed by atoms with Crippen LogP contribution in [-0.4, -0.2) is 37.0 Å². The van der Waals surface area contributed by atoms with Crippen molar-refractivity contribution in [2.24, 2.45) is 11.8 Å². The Morgan fingerprint density at radius 2 is 1.80 bits per heavy atom. The first-order valence-corrected chi connectivity index (χ1v) is 10.00. The Hall–Kier alpha value is -1.32. The fourth-order valence-corrected chi connectivity index (χ4v) is 5.56. The highest BCUT2D eigenvalue weighted by Crippen LogP contribution is 2.57. The molecular formula is C22H29NO2. The van der Waals surface area contributed by atoms with Gasteiger partial charge in [-0.1, -0.05) is 36.9 Å². The minimum atomic E-state index is -0.318.